The van der Waals surface area contributed by atoms with E-state index in [0.29, 0.717) is 11.3 Å². The molecule has 2 aromatic rings. The molecule has 0 amide bonds. The molecule has 20 heavy (non-hydrogen) atoms. The summed E-state index contributed by atoms with van der Waals surface area (Å²) >= 11 is 0. The van der Waals surface area contributed by atoms with E-state index in [-0.39, 0.29) is 11.5 Å². The van der Waals surface area contributed by atoms with Crippen LogP contribution in [0.4, 0.5) is 4.79 Å². The van der Waals surface area contributed by atoms with Crippen LogP contribution in [0.25, 0.3) is 0 Å². The largest absolute Gasteiger partial charge is 0.519 e. The molecule has 0 fully saturated rings. The number of carbonyl (C=O) groups excluding carboxylic acids is 2. The highest BCUT2D eigenvalue weighted by Crippen LogP contribution is 2.20. The Kier molecular flexibility index (Phi) is 4.15. The molecule has 0 saturated carbocycles. The van der Waals surface area contributed by atoms with Crippen LogP contribution in [0.15, 0.2) is 48.5 Å². The van der Waals surface area contributed by atoms with E-state index in [1.54, 1.807) is 36.4 Å². The van der Waals surface area contributed by atoms with Crippen LogP contribution in [0.2, 0.25) is 0 Å². The molecular formula is C16H14O4. The van der Waals surface area contributed by atoms with Crippen molar-refractivity contribution in [2.45, 2.75) is 13.8 Å². The number of hydrogen-bond donors (Lipinski definition) is 0. The molecule has 0 N–H and O–H groups in total. The highest BCUT2D eigenvalue weighted by molar-refractivity contribution is 5.97. The third kappa shape index (κ3) is 3.45. The van der Waals surface area contributed by atoms with Gasteiger partial charge in [0.15, 0.2) is 5.78 Å². The molecule has 0 aliphatic rings. The number of para-hydroxylation sites is 1. The monoisotopic (exact) mass is 270 g/mol. The number of benzene rings is 2. The SMILES string of the molecule is CC(=O)c1ccccc1OC(=O)Oc1ccc(C)cc1. The van der Waals surface area contributed by atoms with Crippen molar-refractivity contribution >= 4 is 11.9 Å². The maximum absolute atomic E-state index is 11.7. The van der Waals surface area contributed by atoms with Crippen LogP contribution in [0, 0.1) is 6.92 Å². The zero-order valence-corrected chi connectivity index (χ0v) is 11.3. The Morgan fingerprint density at radius 1 is 0.900 bits per heavy atom. The minimum absolute atomic E-state index is 0.177. The van der Waals surface area contributed by atoms with Gasteiger partial charge in [-0.2, -0.15) is 0 Å². The number of ketones is 1. The Morgan fingerprint density at radius 3 is 2.20 bits per heavy atom. The number of aryl methyl sites for hydroxylation is 1. The minimum atomic E-state index is -0.873. The number of rotatable bonds is 3. The second-order valence-corrected chi connectivity index (χ2v) is 4.32. The Morgan fingerprint density at radius 2 is 1.55 bits per heavy atom. The molecule has 0 atom stereocenters. The summed E-state index contributed by atoms with van der Waals surface area (Å²) < 4.78 is 10.1. The molecule has 0 aromatic heterocycles. The Labute approximate surface area is 116 Å². The van der Waals surface area contributed by atoms with Crippen LogP contribution in [-0.2, 0) is 0 Å². The minimum Gasteiger partial charge on any atom is -0.395 e. The fourth-order valence-electron chi connectivity index (χ4n) is 1.66. The van der Waals surface area contributed by atoms with E-state index in [0.717, 1.165) is 5.56 Å². The lowest BCUT2D eigenvalue weighted by Crippen LogP contribution is -2.15. The summed E-state index contributed by atoms with van der Waals surface area (Å²) in [6.07, 6.45) is -0.873. The third-order valence-electron chi connectivity index (χ3n) is 2.68. The predicted molar refractivity (Wildman–Crippen MR) is 74.3 cm³/mol. The molecule has 0 spiro atoms. The van der Waals surface area contributed by atoms with Gasteiger partial charge in [-0.05, 0) is 38.1 Å². The van der Waals surface area contributed by atoms with Gasteiger partial charge in [-0.25, -0.2) is 4.79 Å². The van der Waals surface area contributed by atoms with Crippen molar-refractivity contribution in [1.82, 2.24) is 0 Å². The van der Waals surface area contributed by atoms with Crippen molar-refractivity contribution in [2.75, 3.05) is 0 Å². The standard InChI is InChI=1S/C16H14O4/c1-11-7-9-13(10-8-11)19-16(18)20-15-6-4-3-5-14(15)12(2)17/h3-10H,1-2H3. The molecule has 4 nitrogen and oxygen atoms in total. The van der Waals surface area contributed by atoms with Crippen molar-refractivity contribution in [3.8, 4) is 11.5 Å². The molecule has 0 heterocycles. The Balaban J connectivity index is 2.08. The molecule has 0 bridgehead atoms. The fraction of sp³-hybridized carbons (Fsp3) is 0.125. The van der Waals surface area contributed by atoms with E-state index in [2.05, 4.69) is 0 Å². The molecule has 0 saturated heterocycles. The van der Waals surface area contributed by atoms with Gasteiger partial charge in [0.05, 0.1) is 5.56 Å². The van der Waals surface area contributed by atoms with E-state index >= 15 is 0 Å². The van der Waals surface area contributed by atoms with Crippen LogP contribution in [-0.4, -0.2) is 11.9 Å². The molecule has 0 aliphatic heterocycles. The van der Waals surface area contributed by atoms with Crippen LogP contribution in [0.1, 0.15) is 22.8 Å². The van der Waals surface area contributed by atoms with E-state index < -0.39 is 6.16 Å². The summed E-state index contributed by atoms with van der Waals surface area (Å²) in [6.45, 7) is 3.35. The van der Waals surface area contributed by atoms with Crippen LogP contribution in [0.5, 0.6) is 11.5 Å². The first kappa shape index (κ1) is 13.8. The fourth-order valence-corrected chi connectivity index (χ4v) is 1.66. The van der Waals surface area contributed by atoms with Gasteiger partial charge in [0.25, 0.3) is 0 Å². The lowest BCUT2D eigenvalue weighted by Gasteiger charge is -2.08. The molecule has 2 rings (SSSR count). The lowest BCUT2D eigenvalue weighted by atomic mass is 10.1. The van der Waals surface area contributed by atoms with E-state index in [1.165, 1.54) is 6.92 Å². The number of hydrogen-bond acceptors (Lipinski definition) is 4. The second-order valence-electron chi connectivity index (χ2n) is 4.32. The molecular weight excluding hydrogens is 256 g/mol. The lowest BCUT2D eigenvalue weighted by molar-refractivity contribution is 0.101. The first-order valence-corrected chi connectivity index (χ1v) is 6.12. The van der Waals surface area contributed by atoms with Crippen molar-refractivity contribution in [3.63, 3.8) is 0 Å². The topological polar surface area (TPSA) is 52.6 Å². The van der Waals surface area contributed by atoms with Gasteiger partial charge in [-0.3, -0.25) is 4.79 Å². The molecule has 4 heteroatoms. The molecule has 0 unspecified atom stereocenters. The van der Waals surface area contributed by atoms with E-state index in [9.17, 15) is 9.59 Å². The smallest absolute Gasteiger partial charge is 0.395 e. The summed E-state index contributed by atoms with van der Waals surface area (Å²) in [4.78, 5) is 23.1. The maximum atomic E-state index is 11.7. The zero-order valence-electron chi connectivity index (χ0n) is 11.3. The predicted octanol–water partition coefficient (Wildman–Crippen LogP) is 3.78. The van der Waals surface area contributed by atoms with Crippen molar-refractivity contribution < 1.29 is 19.1 Å². The summed E-state index contributed by atoms with van der Waals surface area (Å²) in [5.41, 5.74) is 1.40. The van der Waals surface area contributed by atoms with Crippen LogP contribution < -0.4 is 9.47 Å². The molecule has 0 aliphatic carbocycles. The van der Waals surface area contributed by atoms with E-state index in [1.807, 2.05) is 19.1 Å². The number of carbonyl (C=O) groups is 2. The average Bonchev–Trinajstić information content (AvgIpc) is 2.41. The Hall–Kier alpha value is -2.62. The normalized spacial score (nSPS) is 9.90. The van der Waals surface area contributed by atoms with Crippen molar-refractivity contribution in [2.24, 2.45) is 0 Å². The highest BCUT2D eigenvalue weighted by Gasteiger charge is 2.13. The van der Waals surface area contributed by atoms with Gasteiger partial charge in [0, 0.05) is 0 Å². The summed E-state index contributed by atoms with van der Waals surface area (Å²) in [5.74, 6) is 0.404. The van der Waals surface area contributed by atoms with Gasteiger partial charge >= 0.3 is 6.16 Å². The maximum Gasteiger partial charge on any atom is 0.519 e. The van der Waals surface area contributed by atoms with Gasteiger partial charge < -0.3 is 9.47 Å². The first-order valence-electron chi connectivity index (χ1n) is 6.12. The zero-order chi connectivity index (χ0) is 14.5. The number of Topliss-reactive ketones (excluding diaryl/α,β-unsaturated/α-hetero) is 1. The van der Waals surface area contributed by atoms with Gasteiger partial charge in [-0.15, -0.1) is 0 Å². The van der Waals surface area contributed by atoms with Crippen LogP contribution in [0.3, 0.4) is 0 Å². The quantitative estimate of drug-likeness (QED) is 0.484. The number of ether oxygens (including phenoxy) is 2. The van der Waals surface area contributed by atoms with Gasteiger partial charge in [0.2, 0.25) is 0 Å². The van der Waals surface area contributed by atoms with Gasteiger partial charge in [0.1, 0.15) is 11.5 Å². The average molecular weight is 270 g/mol. The molecule has 2 aromatic carbocycles. The molecule has 0 radical (unpaired) electrons. The van der Waals surface area contributed by atoms with Crippen molar-refractivity contribution in [1.29, 1.82) is 0 Å². The van der Waals surface area contributed by atoms with Gasteiger partial charge in [-0.1, -0.05) is 29.8 Å². The summed E-state index contributed by atoms with van der Waals surface area (Å²) in [6, 6.07) is 13.5. The molecule has 102 valence electrons. The van der Waals surface area contributed by atoms with E-state index in [4.69, 9.17) is 9.47 Å². The summed E-state index contributed by atoms with van der Waals surface area (Å²) in [5, 5.41) is 0. The van der Waals surface area contributed by atoms with Crippen molar-refractivity contribution in [3.05, 3.63) is 59.7 Å². The Bertz CT molecular complexity index is 629. The second kappa shape index (κ2) is 6.02. The first-order chi connectivity index (χ1) is 9.56. The summed E-state index contributed by atoms with van der Waals surface area (Å²) in [7, 11) is 0. The third-order valence-corrected chi connectivity index (χ3v) is 2.68. The highest BCUT2D eigenvalue weighted by atomic mass is 16.7. The van der Waals surface area contributed by atoms with Crippen LogP contribution >= 0.6 is 0 Å².